The fourth-order valence-corrected chi connectivity index (χ4v) is 4.00. The fourth-order valence-electron chi connectivity index (χ4n) is 3.48. The normalized spacial score (nSPS) is 11.1. The number of rotatable bonds is 5. The van der Waals surface area contributed by atoms with Crippen LogP contribution in [0, 0.1) is 27.7 Å². The second-order valence-corrected chi connectivity index (χ2v) is 8.40. The molecule has 0 fully saturated rings. The van der Waals surface area contributed by atoms with Crippen LogP contribution in [-0.4, -0.2) is 34.4 Å². The number of fused-ring (bicyclic) bond motifs is 1. The summed E-state index contributed by atoms with van der Waals surface area (Å²) >= 11 is 1.12. The lowest BCUT2D eigenvalue weighted by Crippen LogP contribution is -2.11. The maximum absolute atomic E-state index is 12.6. The van der Waals surface area contributed by atoms with E-state index < -0.39 is 0 Å². The molecule has 10 heteroatoms. The number of carbonyl (C=O) groups is 1. The largest absolute Gasteiger partial charge is 0.439 e. The molecule has 0 aliphatic carbocycles. The maximum atomic E-state index is 12.6. The first-order valence-electron chi connectivity index (χ1n) is 10.6. The van der Waals surface area contributed by atoms with Crippen LogP contribution in [-0.2, 0) is 0 Å². The van der Waals surface area contributed by atoms with Crippen molar-refractivity contribution in [3.8, 4) is 17.4 Å². The highest BCUT2D eigenvalue weighted by Crippen LogP contribution is 2.25. The van der Waals surface area contributed by atoms with E-state index in [-0.39, 0.29) is 5.91 Å². The number of ether oxygens (including phenoxy) is 1. The van der Waals surface area contributed by atoms with Crippen molar-refractivity contribution in [2.45, 2.75) is 27.7 Å². The average molecular weight is 472 g/mol. The van der Waals surface area contributed by atoms with Gasteiger partial charge in [0, 0.05) is 23.0 Å². The van der Waals surface area contributed by atoms with Crippen LogP contribution < -0.4 is 10.1 Å². The average Bonchev–Trinajstić information content (AvgIpc) is 3.39. The van der Waals surface area contributed by atoms with Crippen LogP contribution in [0.4, 0.5) is 5.69 Å². The van der Waals surface area contributed by atoms with Gasteiger partial charge in [0.15, 0.2) is 5.82 Å². The molecule has 1 N–H and O–H groups in total. The maximum Gasteiger partial charge on any atom is 0.255 e. The molecule has 170 valence electrons. The van der Waals surface area contributed by atoms with Crippen molar-refractivity contribution in [1.29, 1.82) is 0 Å². The van der Waals surface area contributed by atoms with Crippen molar-refractivity contribution in [2.24, 2.45) is 0 Å². The molecular formula is C24H21N7O2S. The van der Waals surface area contributed by atoms with E-state index >= 15 is 0 Å². The van der Waals surface area contributed by atoms with Crippen molar-refractivity contribution in [1.82, 2.24) is 28.5 Å². The molecule has 0 spiro atoms. The number of hydrogen-bond donors (Lipinski definition) is 1. The summed E-state index contributed by atoms with van der Waals surface area (Å²) in [5, 5.41) is 7.45. The summed E-state index contributed by atoms with van der Waals surface area (Å²) in [7, 11) is 0. The van der Waals surface area contributed by atoms with Crippen LogP contribution in [0.2, 0.25) is 0 Å². The van der Waals surface area contributed by atoms with Gasteiger partial charge in [-0.15, -0.1) is 0 Å². The Morgan fingerprint density at radius 2 is 1.71 bits per heavy atom. The lowest BCUT2D eigenvalue weighted by atomic mass is 10.2. The molecule has 0 saturated heterocycles. The summed E-state index contributed by atoms with van der Waals surface area (Å²) in [5.74, 6) is 2.00. The SMILES string of the molecule is Cc1nc(Oc2ccc(NC(=O)c3ccc4nsnc4c3)cc2)cc(-n2nc(C)c(C)c2C)n1. The molecule has 3 aromatic heterocycles. The Hall–Kier alpha value is -4.18. The summed E-state index contributed by atoms with van der Waals surface area (Å²) in [5.41, 5.74) is 5.74. The Labute approximate surface area is 199 Å². The summed E-state index contributed by atoms with van der Waals surface area (Å²) in [6.45, 7) is 7.83. The molecule has 5 rings (SSSR count). The predicted molar refractivity (Wildman–Crippen MR) is 130 cm³/mol. The van der Waals surface area contributed by atoms with Gasteiger partial charge in [-0.25, -0.2) is 9.67 Å². The molecule has 0 aliphatic heterocycles. The molecule has 5 aromatic rings. The number of nitrogens with one attached hydrogen (secondary N) is 1. The van der Waals surface area contributed by atoms with Gasteiger partial charge in [-0.1, -0.05) is 0 Å². The smallest absolute Gasteiger partial charge is 0.255 e. The minimum absolute atomic E-state index is 0.222. The first-order valence-corrected chi connectivity index (χ1v) is 11.3. The third kappa shape index (κ3) is 4.23. The highest BCUT2D eigenvalue weighted by atomic mass is 32.1. The zero-order chi connectivity index (χ0) is 23.8. The zero-order valence-electron chi connectivity index (χ0n) is 19.0. The van der Waals surface area contributed by atoms with Crippen LogP contribution in [0.1, 0.15) is 33.1 Å². The zero-order valence-corrected chi connectivity index (χ0v) is 19.8. The number of anilines is 1. The van der Waals surface area contributed by atoms with E-state index in [1.807, 2.05) is 27.7 Å². The van der Waals surface area contributed by atoms with Crippen molar-refractivity contribution in [3.63, 3.8) is 0 Å². The molecular weight excluding hydrogens is 450 g/mol. The minimum Gasteiger partial charge on any atom is -0.439 e. The molecule has 34 heavy (non-hydrogen) atoms. The van der Waals surface area contributed by atoms with Gasteiger partial charge < -0.3 is 10.1 Å². The number of carbonyl (C=O) groups excluding carboxylic acids is 1. The third-order valence-corrected chi connectivity index (χ3v) is 6.08. The highest BCUT2D eigenvalue weighted by molar-refractivity contribution is 7.00. The predicted octanol–water partition coefficient (Wildman–Crippen LogP) is 4.95. The number of amides is 1. The third-order valence-electron chi connectivity index (χ3n) is 5.52. The molecule has 1 amide bonds. The lowest BCUT2D eigenvalue weighted by molar-refractivity contribution is 0.102. The summed E-state index contributed by atoms with van der Waals surface area (Å²) in [6.07, 6.45) is 0. The lowest BCUT2D eigenvalue weighted by Gasteiger charge is -2.10. The van der Waals surface area contributed by atoms with Crippen molar-refractivity contribution < 1.29 is 9.53 Å². The molecule has 0 radical (unpaired) electrons. The standard InChI is InChI=1S/C24H21N7O2S/c1-13-14(2)28-31(15(13)3)22-12-23(26-16(4)25-22)33-19-8-6-18(7-9-19)27-24(32)17-5-10-20-21(11-17)30-34-29-20/h5-12H,1-4H3,(H,27,32). The minimum atomic E-state index is -0.222. The molecule has 2 aromatic carbocycles. The Morgan fingerprint density at radius 1 is 0.941 bits per heavy atom. The summed E-state index contributed by atoms with van der Waals surface area (Å²) < 4.78 is 16.1. The van der Waals surface area contributed by atoms with Gasteiger partial charge in [0.05, 0.1) is 17.4 Å². The number of aryl methyl sites for hydroxylation is 2. The van der Waals surface area contributed by atoms with Gasteiger partial charge in [-0.05, 0) is 75.7 Å². The number of aromatic nitrogens is 6. The number of nitrogens with zero attached hydrogens (tertiary/aromatic N) is 6. The second-order valence-electron chi connectivity index (χ2n) is 7.87. The molecule has 0 bridgehead atoms. The molecule has 3 heterocycles. The van der Waals surface area contributed by atoms with E-state index in [0.717, 1.165) is 34.2 Å². The van der Waals surface area contributed by atoms with E-state index in [1.54, 1.807) is 53.2 Å². The monoisotopic (exact) mass is 471 g/mol. The van der Waals surface area contributed by atoms with Crippen molar-refractivity contribution in [2.75, 3.05) is 5.32 Å². The molecule has 0 aliphatic rings. The van der Waals surface area contributed by atoms with E-state index in [2.05, 4.69) is 29.1 Å². The van der Waals surface area contributed by atoms with Gasteiger partial charge in [0.2, 0.25) is 5.88 Å². The number of benzene rings is 2. The Balaban J connectivity index is 1.31. The summed E-state index contributed by atoms with van der Waals surface area (Å²) in [6, 6.07) is 14.1. The van der Waals surface area contributed by atoms with Gasteiger partial charge in [0.25, 0.3) is 5.91 Å². The molecule has 9 nitrogen and oxygen atoms in total. The first kappa shape index (κ1) is 21.7. The molecule has 0 saturated carbocycles. The Morgan fingerprint density at radius 3 is 2.44 bits per heavy atom. The van der Waals surface area contributed by atoms with Crippen LogP contribution in [0.5, 0.6) is 11.6 Å². The van der Waals surface area contributed by atoms with Gasteiger partial charge in [-0.2, -0.15) is 18.8 Å². The van der Waals surface area contributed by atoms with Gasteiger partial charge in [-0.3, -0.25) is 4.79 Å². The Kier molecular flexibility index (Phi) is 5.50. The van der Waals surface area contributed by atoms with Gasteiger partial charge in [0.1, 0.15) is 22.6 Å². The Bertz CT molecular complexity index is 1520. The van der Waals surface area contributed by atoms with Gasteiger partial charge >= 0.3 is 0 Å². The van der Waals surface area contributed by atoms with Crippen molar-refractivity contribution >= 4 is 34.4 Å². The fraction of sp³-hybridized carbons (Fsp3) is 0.167. The van der Waals surface area contributed by atoms with Crippen LogP contribution in [0.25, 0.3) is 16.9 Å². The van der Waals surface area contributed by atoms with E-state index in [9.17, 15) is 4.79 Å². The molecule has 0 atom stereocenters. The first-order chi connectivity index (χ1) is 16.4. The molecule has 0 unspecified atom stereocenters. The summed E-state index contributed by atoms with van der Waals surface area (Å²) in [4.78, 5) is 21.5. The highest BCUT2D eigenvalue weighted by Gasteiger charge is 2.13. The van der Waals surface area contributed by atoms with Crippen molar-refractivity contribution in [3.05, 3.63) is 76.9 Å². The van der Waals surface area contributed by atoms with E-state index in [1.165, 1.54) is 0 Å². The van der Waals surface area contributed by atoms with Crippen LogP contribution in [0.15, 0.2) is 48.5 Å². The number of hydrogen-bond acceptors (Lipinski definition) is 8. The second kappa shape index (κ2) is 8.64. The van der Waals surface area contributed by atoms with E-state index in [0.29, 0.717) is 40.0 Å². The quantitative estimate of drug-likeness (QED) is 0.387. The van der Waals surface area contributed by atoms with E-state index in [4.69, 9.17) is 4.74 Å². The van der Waals surface area contributed by atoms with Crippen LogP contribution >= 0.6 is 11.7 Å². The topological polar surface area (TPSA) is 108 Å². The van der Waals surface area contributed by atoms with Crippen LogP contribution in [0.3, 0.4) is 0 Å².